The van der Waals surface area contributed by atoms with Crippen LogP contribution in [0.15, 0.2) is 53.9 Å². The van der Waals surface area contributed by atoms with Crippen LogP contribution in [-0.2, 0) is 4.74 Å². The van der Waals surface area contributed by atoms with Crippen LogP contribution < -0.4 is 16.8 Å². The third kappa shape index (κ3) is 4.28. The molecule has 5 heterocycles. The Bertz CT molecular complexity index is 1310. The number of ether oxygens (including phenoxy) is 1. The molecule has 0 spiro atoms. The molecule has 0 radical (unpaired) electrons. The van der Waals surface area contributed by atoms with E-state index in [1.165, 1.54) is 0 Å². The minimum absolute atomic E-state index is 0.199. The highest BCUT2D eigenvalue weighted by molar-refractivity contribution is 5.93. The molecule has 0 bridgehead atoms. The third-order valence-corrected chi connectivity index (χ3v) is 5.42. The molecule has 0 saturated heterocycles. The topological polar surface area (TPSA) is 192 Å². The zero-order chi connectivity index (χ0) is 23.5. The molecule has 0 aromatic carbocycles. The van der Waals surface area contributed by atoms with E-state index >= 15 is 0 Å². The van der Waals surface area contributed by atoms with Gasteiger partial charge >= 0.3 is 0 Å². The van der Waals surface area contributed by atoms with Gasteiger partial charge in [0.05, 0.1) is 30.0 Å². The van der Waals surface area contributed by atoms with Crippen LogP contribution in [-0.4, -0.2) is 60.9 Å². The summed E-state index contributed by atoms with van der Waals surface area (Å²) >= 11 is 0. The molecule has 1 aliphatic heterocycles. The number of hydrogen-bond acceptors (Lipinski definition) is 7. The Hall–Kier alpha value is -4.74. The fourth-order valence-corrected chi connectivity index (χ4v) is 3.90. The maximum Gasteiger partial charge on any atom is 0.267 e. The van der Waals surface area contributed by atoms with Crippen LogP contribution in [0.3, 0.4) is 0 Å². The minimum atomic E-state index is -0.349. The Balaban J connectivity index is 1.37. The fraction of sp³-hybridized carbons (Fsp3) is 0.182. The van der Waals surface area contributed by atoms with Gasteiger partial charge in [0.25, 0.3) is 5.91 Å². The van der Waals surface area contributed by atoms with Crippen molar-refractivity contribution in [2.75, 3.05) is 24.6 Å². The van der Waals surface area contributed by atoms with E-state index in [2.05, 4.69) is 40.2 Å². The van der Waals surface area contributed by atoms with Gasteiger partial charge in [-0.2, -0.15) is 0 Å². The summed E-state index contributed by atoms with van der Waals surface area (Å²) < 4.78 is 6.21. The van der Waals surface area contributed by atoms with E-state index in [0.29, 0.717) is 36.3 Å². The summed E-state index contributed by atoms with van der Waals surface area (Å²) in [7, 11) is 0. The predicted octanol–water partition coefficient (Wildman–Crippen LogP) is 1.37. The summed E-state index contributed by atoms with van der Waals surface area (Å²) in [6.45, 7) is 0.734. The molecule has 9 N–H and O–H groups in total. The lowest BCUT2D eigenvalue weighted by Crippen LogP contribution is -2.25. The number of hydrogen-bond donors (Lipinski definition) is 7. The van der Waals surface area contributed by atoms with Crippen molar-refractivity contribution in [1.82, 2.24) is 35.2 Å². The van der Waals surface area contributed by atoms with E-state index in [1.54, 1.807) is 36.7 Å². The standard InChI is InChI=1S/C22H24N10O2/c23-21-29-10-15(31-21)17(16-11-28-20(34-16)14-6-3-8-26-14)18-12(30-22(24)32-18)4-1-9-27-19(33)13-5-2-7-25-13/h1-8,10,16-17,25-26H,9,11H2,(H,27,33)(H3,23,29,31)(H3,24,30,32)/b4-1+/t16-,17-/m0/s1. The van der Waals surface area contributed by atoms with Crippen molar-refractivity contribution in [2.24, 2.45) is 4.99 Å². The van der Waals surface area contributed by atoms with Gasteiger partial charge in [-0.15, -0.1) is 0 Å². The van der Waals surface area contributed by atoms with Gasteiger partial charge in [0.2, 0.25) is 5.90 Å². The Morgan fingerprint density at radius 2 is 2.06 bits per heavy atom. The number of nitrogens with two attached hydrogens (primary N) is 2. The number of nitrogen functional groups attached to an aromatic ring is 2. The zero-order valence-electron chi connectivity index (χ0n) is 18.1. The van der Waals surface area contributed by atoms with E-state index in [0.717, 1.165) is 17.1 Å². The molecule has 34 heavy (non-hydrogen) atoms. The molecule has 12 nitrogen and oxygen atoms in total. The van der Waals surface area contributed by atoms with Crippen molar-refractivity contribution in [3.8, 4) is 0 Å². The molecular formula is C22H24N10O2. The molecule has 5 rings (SSSR count). The first-order chi connectivity index (χ1) is 16.6. The first-order valence-corrected chi connectivity index (χ1v) is 10.7. The van der Waals surface area contributed by atoms with Crippen molar-refractivity contribution in [2.45, 2.75) is 12.0 Å². The summed E-state index contributed by atoms with van der Waals surface area (Å²) in [6.07, 6.45) is 8.42. The molecule has 4 aromatic heterocycles. The minimum Gasteiger partial charge on any atom is -0.470 e. The summed E-state index contributed by atoms with van der Waals surface area (Å²) in [5, 5.41) is 2.82. The number of aromatic amines is 4. The molecule has 1 amide bonds. The molecule has 1 aliphatic rings. The molecular weight excluding hydrogens is 436 g/mol. The largest absolute Gasteiger partial charge is 0.470 e. The maximum atomic E-state index is 12.1. The number of rotatable bonds is 8. The van der Waals surface area contributed by atoms with Crippen LogP contribution in [0.5, 0.6) is 0 Å². The van der Waals surface area contributed by atoms with Crippen molar-refractivity contribution >= 4 is 29.8 Å². The predicted molar refractivity (Wildman–Crippen MR) is 127 cm³/mol. The molecule has 4 aromatic rings. The van der Waals surface area contributed by atoms with Gasteiger partial charge in [-0.25, -0.2) is 15.0 Å². The SMILES string of the molecule is Nc1ncc([C@H](c2[nH]c(N)nc2/C=C/CNC(=O)c2ccc[nH]2)[C@@H]2CN=C(c3ccc[nH]3)O2)[nH]1. The number of nitrogens with zero attached hydrogens (tertiary/aromatic N) is 3. The van der Waals surface area contributed by atoms with Gasteiger partial charge in [-0.1, -0.05) is 6.08 Å². The van der Waals surface area contributed by atoms with E-state index in [9.17, 15) is 4.79 Å². The van der Waals surface area contributed by atoms with E-state index < -0.39 is 0 Å². The van der Waals surface area contributed by atoms with E-state index in [-0.39, 0.29) is 23.9 Å². The monoisotopic (exact) mass is 460 g/mol. The van der Waals surface area contributed by atoms with Crippen molar-refractivity contribution < 1.29 is 9.53 Å². The van der Waals surface area contributed by atoms with Crippen LogP contribution in [0.4, 0.5) is 11.9 Å². The molecule has 0 unspecified atom stereocenters. The lowest BCUT2D eigenvalue weighted by Gasteiger charge is -2.21. The molecule has 174 valence electrons. The van der Waals surface area contributed by atoms with Crippen LogP contribution in [0.2, 0.25) is 0 Å². The lowest BCUT2D eigenvalue weighted by atomic mass is 9.93. The Labute approximate surface area is 194 Å². The van der Waals surface area contributed by atoms with Crippen LogP contribution >= 0.6 is 0 Å². The smallest absolute Gasteiger partial charge is 0.267 e. The van der Waals surface area contributed by atoms with Crippen molar-refractivity contribution in [3.05, 3.63) is 77.4 Å². The maximum absolute atomic E-state index is 12.1. The lowest BCUT2D eigenvalue weighted by molar-refractivity contribution is 0.0953. The molecule has 0 saturated carbocycles. The first kappa shape index (κ1) is 21.1. The second-order valence-corrected chi connectivity index (χ2v) is 7.70. The number of nitrogens with one attached hydrogen (secondary N) is 5. The van der Waals surface area contributed by atoms with E-state index in [1.807, 2.05) is 18.3 Å². The van der Waals surface area contributed by atoms with Gasteiger partial charge in [0, 0.05) is 24.6 Å². The number of aromatic nitrogens is 6. The normalized spacial score (nSPS) is 16.5. The average molecular weight is 461 g/mol. The molecule has 2 atom stereocenters. The molecule has 0 aliphatic carbocycles. The quantitative estimate of drug-likeness (QED) is 0.208. The van der Waals surface area contributed by atoms with Crippen molar-refractivity contribution in [3.63, 3.8) is 0 Å². The Morgan fingerprint density at radius 3 is 2.79 bits per heavy atom. The third-order valence-electron chi connectivity index (χ3n) is 5.42. The highest BCUT2D eigenvalue weighted by atomic mass is 16.5. The molecule has 0 fully saturated rings. The summed E-state index contributed by atoms with van der Waals surface area (Å²) in [4.78, 5) is 37.5. The van der Waals surface area contributed by atoms with Crippen LogP contribution in [0.25, 0.3) is 6.08 Å². The number of imidazole rings is 2. The van der Waals surface area contributed by atoms with Gasteiger partial charge in [0.1, 0.15) is 17.5 Å². The number of carbonyl (C=O) groups is 1. The number of H-pyrrole nitrogens is 4. The second kappa shape index (κ2) is 9.02. The average Bonchev–Trinajstić information content (AvgIpc) is 3.64. The van der Waals surface area contributed by atoms with E-state index in [4.69, 9.17) is 16.2 Å². The van der Waals surface area contributed by atoms with Crippen LogP contribution in [0, 0.1) is 0 Å². The number of anilines is 2. The molecule has 12 heteroatoms. The van der Waals surface area contributed by atoms with Gasteiger partial charge in [-0.3, -0.25) is 4.79 Å². The fourth-order valence-electron chi connectivity index (χ4n) is 3.90. The first-order valence-electron chi connectivity index (χ1n) is 10.7. The zero-order valence-corrected chi connectivity index (χ0v) is 18.1. The summed E-state index contributed by atoms with van der Waals surface area (Å²) in [5.74, 6) is 0.532. The second-order valence-electron chi connectivity index (χ2n) is 7.70. The summed E-state index contributed by atoms with van der Waals surface area (Å²) in [6, 6.07) is 7.25. The number of aliphatic imine (C=N–C) groups is 1. The Morgan fingerprint density at radius 1 is 1.21 bits per heavy atom. The van der Waals surface area contributed by atoms with Crippen LogP contribution in [0.1, 0.15) is 39.2 Å². The highest BCUT2D eigenvalue weighted by Gasteiger charge is 2.36. The van der Waals surface area contributed by atoms with Gasteiger partial charge in [-0.05, 0) is 30.3 Å². The number of amides is 1. The highest BCUT2D eigenvalue weighted by Crippen LogP contribution is 2.34. The summed E-state index contributed by atoms with van der Waals surface area (Å²) in [5.41, 5.74) is 15.2. The van der Waals surface area contributed by atoms with Gasteiger partial charge < -0.3 is 41.5 Å². The Kier molecular flexibility index (Phi) is 5.60. The van der Waals surface area contributed by atoms with Gasteiger partial charge in [0.15, 0.2) is 11.9 Å². The number of carbonyl (C=O) groups excluding carboxylic acids is 1. The van der Waals surface area contributed by atoms with Crippen molar-refractivity contribution in [1.29, 1.82) is 0 Å².